The number of carbonyl (C=O) groups is 1. The number of aromatic carboxylic acids is 1. The summed E-state index contributed by atoms with van der Waals surface area (Å²) in [5.41, 5.74) is 0.852. The van der Waals surface area contributed by atoms with Gasteiger partial charge in [-0.1, -0.05) is 15.9 Å². The predicted octanol–water partition coefficient (Wildman–Crippen LogP) is 3.12. The minimum absolute atomic E-state index is 0.169. The van der Waals surface area contributed by atoms with Gasteiger partial charge < -0.3 is 9.84 Å². The summed E-state index contributed by atoms with van der Waals surface area (Å²) in [4.78, 5) is 14.7. The van der Waals surface area contributed by atoms with Crippen LogP contribution < -0.4 is 4.74 Å². The lowest BCUT2D eigenvalue weighted by atomic mass is 10.2. The fourth-order valence-electron chi connectivity index (χ4n) is 1.32. The van der Waals surface area contributed by atoms with Crippen LogP contribution in [-0.4, -0.2) is 16.1 Å². The van der Waals surface area contributed by atoms with Crippen molar-refractivity contribution in [2.45, 2.75) is 6.61 Å². The van der Waals surface area contributed by atoms with Crippen molar-refractivity contribution in [1.29, 1.82) is 0 Å². The second-order valence-electron chi connectivity index (χ2n) is 3.59. The molecule has 0 saturated carbocycles. The van der Waals surface area contributed by atoms with Crippen LogP contribution in [0.5, 0.6) is 5.75 Å². The highest BCUT2D eigenvalue weighted by molar-refractivity contribution is 9.10. The molecule has 1 N–H and O–H groups in total. The van der Waals surface area contributed by atoms with Gasteiger partial charge in [0.05, 0.1) is 11.3 Å². The van der Waals surface area contributed by atoms with E-state index < -0.39 is 5.97 Å². The number of carboxylic acids is 1. The third-order valence-electron chi connectivity index (χ3n) is 2.27. The first-order chi connectivity index (χ1) is 8.65. The lowest BCUT2D eigenvalue weighted by Crippen LogP contribution is -2.01. The van der Waals surface area contributed by atoms with Crippen LogP contribution in [0.3, 0.4) is 0 Å². The van der Waals surface area contributed by atoms with Crippen molar-refractivity contribution in [3.05, 3.63) is 58.3 Å². The fourth-order valence-corrected chi connectivity index (χ4v) is 1.59. The van der Waals surface area contributed by atoms with Gasteiger partial charge in [0.2, 0.25) is 0 Å². The zero-order valence-electron chi connectivity index (χ0n) is 9.34. The molecule has 0 bridgehead atoms. The molecule has 0 aliphatic rings. The predicted molar refractivity (Wildman–Crippen MR) is 69.7 cm³/mol. The topological polar surface area (TPSA) is 59.4 Å². The summed E-state index contributed by atoms with van der Waals surface area (Å²) in [6.45, 7) is 0.307. The number of pyridine rings is 1. The first kappa shape index (κ1) is 12.6. The highest BCUT2D eigenvalue weighted by Gasteiger charge is 2.03. The molecule has 2 rings (SSSR count). The van der Waals surface area contributed by atoms with Gasteiger partial charge in [-0.2, -0.15) is 0 Å². The van der Waals surface area contributed by atoms with Gasteiger partial charge in [-0.15, -0.1) is 0 Å². The maximum absolute atomic E-state index is 10.6. The Morgan fingerprint density at radius 2 is 1.94 bits per heavy atom. The average Bonchev–Trinajstić information content (AvgIpc) is 2.38. The first-order valence-corrected chi connectivity index (χ1v) is 6.01. The van der Waals surface area contributed by atoms with Gasteiger partial charge in [0.15, 0.2) is 0 Å². The molecule has 92 valence electrons. The maximum Gasteiger partial charge on any atom is 0.337 e. The standard InChI is InChI=1S/C13H10BrNO3/c14-10-2-5-12(6-3-10)18-8-11-4-1-9(7-15-11)13(16)17/h1-7H,8H2,(H,16,17). The lowest BCUT2D eigenvalue weighted by Gasteiger charge is -2.05. The van der Waals surface area contributed by atoms with Gasteiger partial charge in [-0.25, -0.2) is 4.79 Å². The van der Waals surface area contributed by atoms with Crippen molar-refractivity contribution in [2.24, 2.45) is 0 Å². The summed E-state index contributed by atoms with van der Waals surface area (Å²) >= 11 is 3.34. The van der Waals surface area contributed by atoms with Gasteiger partial charge >= 0.3 is 5.97 Å². The molecule has 0 aliphatic carbocycles. The van der Waals surface area contributed by atoms with Crippen molar-refractivity contribution >= 4 is 21.9 Å². The number of hydrogen-bond acceptors (Lipinski definition) is 3. The lowest BCUT2D eigenvalue weighted by molar-refractivity contribution is 0.0696. The molecular formula is C13H10BrNO3. The zero-order chi connectivity index (χ0) is 13.0. The molecule has 1 aromatic heterocycles. The molecule has 1 aromatic carbocycles. The van der Waals surface area contributed by atoms with Crippen molar-refractivity contribution < 1.29 is 14.6 Å². The number of aromatic nitrogens is 1. The molecule has 2 aromatic rings. The number of hydrogen-bond donors (Lipinski definition) is 1. The van der Waals surface area contributed by atoms with E-state index in [2.05, 4.69) is 20.9 Å². The van der Waals surface area contributed by atoms with E-state index in [1.807, 2.05) is 24.3 Å². The van der Waals surface area contributed by atoms with Crippen LogP contribution in [0.25, 0.3) is 0 Å². The molecule has 0 amide bonds. The Bertz CT molecular complexity index is 537. The number of ether oxygens (including phenoxy) is 1. The minimum atomic E-state index is -0.983. The van der Waals surface area contributed by atoms with Crippen LogP contribution in [0.1, 0.15) is 16.1 Å². The summed E-state index contributed by atoms with van der Waals surface area (Å²) in [6, 6.07) is 10.6. The van der Waals surface area contributed by atoms with E-state index in [-0.39, 0.29) is 5.56 Å². The minimum Gasteiger partial charge on any atom is -0.487 e. The number of halogens is 1. The monoisotopic (exact) mass is 307 g/mol. The SMILES string of the molecule is O=C(O)c1ccc(COc2ccc(Br)cc2)nc1. The van der Waals surface area contributed by atoms with E-state index in [0.717, 1.165) is 10.2 Å². The highest BCUT2D eigenvalue weighted by atomic mass is 79.9. The van der Waals surface area contributed by atoms with E-state index in [0.29, 0.717) is 12.3 Å². The molecule has 0 atom stereocenters. The largest absolute Gasteiger partial charge is 0.487 e. The molecule has 5 heteroatoms. The van der Waals surface area contributed by atoms with Crippen molar-refractivity contribution in [3.63, 3.8) is 0 Å². The Hall–Kier alpha value is -1.88. The summed E-state index contributed by atoms with van der Waals surface area (Å²) in [7, 11) is 0. The number of carboxylic acid groups (broad SMARTS) is 1. The quantitative estimate of drug-likeness (QED) is 0.943. The molecule has 0 aliphatic heterocycles. The summed E-state index contributed by atoms with van der Waals surface area (Å²) in [5.74, 6) is -0.245. The van der Waals surface area contributed by atoms with E-state index >= 15 is 0 Å². The summed E-state index contributed by atoms with van der Waals surface area (Å²) in [5, 5.41) is 8.73. The van der Waals surface area contributed by atoms with Crippen LogP contribution in [0.4, 0.5) is 0 Å². The van der Waals surface area contributed by atoms with Gasteiger partial charge in [0, 0.05) is 10.7 Å². The Morgan fingerprint density at radius 1 is 1.22 bits per heavy atom. The van der Waals surface area contributed by atoms with Gasteiger partial charge in [0.1, 0.15) is 12.4 Å². The third kappa shape index (κ3) is 3.30. The highest BCUT2D eigenvalue weighted by Crippen LogP contribution is 2.17. The van der Waals surface area contributed by atoms with Crippen LogP contribution in [0, 0.1) is 0 Å². The van der Waals surface area contributed by atoms with Gasteiger partial charge in [0.25, 0.3) is 0 Å². The van der Waals surface area contributed by atoms with Crippen LogP contribution in [0.2, 0.25) is 0 Å². The van der Waals surface area contributed by atoms with Crippen molar-refractivity contribution in [3.8, 4) is 5.75 Å². The Labute approximate surface area is 112 Å². The summed E-state index contributed by atoms with van der Waals surface area (Å²) in [6.07, 6.45) is 1.32. The molecule has 1 heterocycles. The third-order valence-corrected chi connectivity index (χ3v) is 2.80. The second-order valence-corrected chi connectivity index (χ2v) is 4.50. The molecule has 0 fully saturated rings. The van der Waals surface area contributed by atoms with E-state index in [1.165, 1.54) is 12.3 Å². The maximum atomic E-state index is 10.6. The van der Waals surface area contributed by atoms with E-state index in [4.69, 9.17) is 9.84 Å². The number of rotatable bonds is 4. The molecule has 0 unspecified atom stereocenters. The van der Waals surface area contributed by atoms with Gasteiger partial charge in [-0.05, 0) is 36.4 Å². The Kier molecular flexibility index (Phi) is 3.94. The van der Waals surface area contributed by atoms with E-state index in [9.17, 15) is 4.79 Å². The first-order valence-electron chi connectivity index (χ1n) is 5.22. The Balaban J connectivity index is 1.97. The van der Waals surface area contributed by atoms with Crippen LogP contribution in [-0.2, 0) is 6.61 Å². The smallest absolute Gasteiger partial charge is 0.337 e. The van der Waals surface area contributed by atoms with Crippen LogP contribution >= 0.6 is 15.9 Å². The van der Waals surface area contributed by atoms with Gasteiger partial charge in [-0.3, -0.25) is 4.98 Å². The normalized spacial score (nSPS) is 10.1. The molecule has 0 radical (unpaired) electrons. The molecule has 0 spiro atoms. The molecule has 4 nitrogen and oxygen atoms in total. The number of nitrogens with zero attached hydrogens (tertiary/aromatic N) is 1. The Morgan fingerprint density at radius 3 is 2.50 bits per heavy atom. The fraction of sp³-hybridized carbons (Fsp3) is 0.0769. The average molecular weight is 308 g/mol. The van der Waals surface area contributed by atoms with E-state index in [1.54, 1.807) is 6.07 Å². The summed E-state index contributed by atoms with van der Waals surface area (Å²) < 4.78 is 6.50. The van der Waals surface area contributed by atoms with Crippen LogP contribution in [0.15, 0.2) is 47.1 Å². The number of benzene rings is 1. The van der Waals surface area contributed by atoms with Crippen molar-refractivity contribution in [2.75, 3.05) is 0 Å². The molecule has 18 heavy (non-hydrogen) atoms. The molecular weight excluding hydrogens is 298 g/mol. The zero-order valence-corrected chi connectivity index (χ0v) is 10.9. The molecule has 0 saturated heterocycles. The second kappa shape index (κ2) is 5.64. The van der Waals surface area contributed by atoms with Crippen molar-refractivity contribution in [1.82, 2.24) is 4.98 Å².